The Labute approximate surface area is 117 Å². The average Bonchev–Trinajstić information content (AvgIpc) is 2.26. The lowest BCUT2D eigenvalue weighted by Gasteiger charge is -2.19. The van der Waals surface area contributed by atoms with Gasteiger partial charge >= 0.3 is 5.97 Å². The molecule has 1 heterocycles. The van der Waals surface area contributed by atoms with Crippen molar-refractivity contribution in [3.8, 4) is 0 Å². The quantitative estimate of drug-likeness (QED) is 0.639. The lowest BCUT2D eigenvalue weighted by molar-refractivity contribution is -0.154. The summed E-state index contributed by atoms with van der Waals surface area (Å²) in [5, 5.41) is 6.26. The van der Waals surface area contributed by atoms with Gasteiger partial charge in [-0.05, 0) is 20.8 Å². The van der Waals surface area contributed by atoms with Crippen molar-refractivity contribution in [2.75, 3.05) is 24.2 Å². The average molecular weight is 287 g/mol. The molecule has 0 unspecified atom stereocenters. The Balaban J connectivity index is 2.50. The fraction of sp³-hybridized carbons (Fsp3) is 0.583. The Morgan fingerprint density at radius 1 is 1.42 bits per heavy atom. The zero-order chi connectivity index (χ0) is 14.5. The summed E-state index contributed by atoms with van der Waals surface area (Å²) >= 11 is 5.91. The van der Waals surface area contributed by atoms with Crippen LogP contribution in [0.25, 0.3) is 0 Å². The Bertz CT molecular complexity index is 446. The number of hydrogen-bond acceptors (Lipinski definition) is 6. The first kappa shape index (κ1) is 15.5. The second-order valence-electron chi connectivity index (χ2n) is 4.90. The van der Waals surface area contributed by atoms with Gasteiger partial charge in [0, 0.05) is 13.6 Å². The zero-order valence-electron chi connectivity index (χ0n) is 11.6. The third-order valence-electron chi connectivity index (χ3n) is 2.09. The summed E-state index contributed by atoms with van der Waals surface area (Å²) in [6, 6.07) is 0. The Morgan fingerprint density at radius 2 is 2.11 bits per heavy atom. The summed E-state index contributed by atoms with van der Waals surface area (Å²) in [4.78, 5) is 19.5. The second-order valence-corrected chi connectivity index (χ2v) is 5.26. The van der Waals surface area contributed by atoms with Crippen molar-refractivity contribution in [2.45, 2.75) is 32.8 Å². The summed E-state index contributed by atoms with van der Waals surface area (Å²) in [6.45, 7) is 5.92. The lowest BCUT2D eigenvalue weighted by Crippen LogP contribution is -2.25. The molecule has 19 heavy (non-hydrogen) atoms. The van der Waals surface area contributed by atoms with Crippen LogP contribution in [0.5, 0.6) is 0 Å². The van der Waals surface area contributed by atoms with Crippen molar-refractivity contribution in [3.63, 3.8) is 0 Å². The molecule has 2 N–H and O–H groups in total. The van der Waals surface area contributed by atoms with Gasteiger partial charge in [0.05, 0.1) is 6.42 Å². The molecule has 0 spiro atoms. The van der Waals surface area contributed by atoms with E-state index in [9.17, 15) is 4.79 Å². The molecule has 0 bridgehead atoms. The van der Waals surface area contributed by atoms with Crippen LogP contribution in [-0.2, 0) is 9.53 Å². The van der Waals surface area contributed by atoms with E-state index >= 15 is 0 Å². The van der Waals surface area contributed by atoms with Crippen LogP contribution in [0.4, 0.5) is 11.5 Å². The van der Waals surface area contributed by atoms with Crippen LogP contribution in [-0.4, -0.2) is 35.1 Å². The van der Waals surface area contributed by atoms with Crippen molar-refractivity contribution < 1.29 is 9.53 Å². The third-order valence-corrected chi connectivity index (χ3v) is 2.38. The van der Waals surface area contributed by atoms with Crippen LogP contribution in [0.1, 0.15) is 27.2 Å². The molecule has 0 radical (unpaired) electrons. The molecule has 0 aliphatic rings. The van der Waals surface area contributed by atoms with E-state index < -0.39 is 5.60 Å². The smallest absolute Gasteiger partial charge is 0.308 e. The number of aromatic nitrogens is 2. The number of carbonyl (C=O) groups is 1. The summed E-state index contributed by atoms with van der Waals surface area (Å²) < 4.78 is 5.20. The normalized spacial score (nSPS) is 11.0. The van der Waals surface area contributed by atoms with E-state index in [-0.39, 0.29) is 12.4 Å². The number of ether oxygens (including phenoxy) is 1. The van der Waals surface area contributed by atoms with Gasteiger partial charge in [0.15, 0.2) is 11.0 Å². The first-order valence-corrected chi connectivity index (χ1v) is 6.35. The maximum Gasteiger partial charge on any atom is 0.308 e. The SMILES string of the molecule is CNc1c(Cl)ncnc1NCCC(=O)OC(C)(C)C. The molecule has 0 fully saturated rings. The number of nitrogens with zero attached hydrogens (tertiary/aromatic N) is 2. The maximum atomic E-state index is 11.5. The fourth-order valence-electron chi connectivity index (χ4n) is 1.40. The first-order valence-electron chi connectivity index (χ1n) is 5.97. The molecule has 1 rings (SSSR count). The Kier molecular flexibility index (Phi) is 5.35. The molecule has 6 nitrogen and oxygen atoms in total. The highest BCUT2D eigenvalue weighted by molar-refractivity contribution is 6.32. The van der Waals surface area contributed by atoms with E-state index in [0.29, 0.717) is 23.2 Å². The largest absolute Gasteiger partial charge is 0.460 e. The molecule has 0 atom stereocenters. The van der Waals surface area contributed by atoms with E-state index in [4.69, 9.17) is 16.3 Å². The fourth-order valence-corrected chi connectivity index (χ4v) is 1.62. The molecule has 7 heteroatoms. The molecule has 0 aromatic carbocycles. The second kappa shape index (κ2) is 6.56. The van der Waals surface area contributed by atoms with Crippen LogP contribution in [0.2, 0.25) is 5.15 Å². The van der Waals surface area contributed by atoms with E-state index in [0.717, 1.165) is 0 Å². The standard InChI is InChI=1S/C12H19ClN4O2/c1-12(2,3)19-8(18)5-6-15-11-9(14-4)10(13)16-7-17-11/h7,14H,5-6H2,1-4H3,(H,15,16,17). The topological polar surface area (TPSA) is 76.1 Å². The Morgan fingerprint density at radius 3 is 2.68 bits per heavy atom. The van der Waals surface area contributed by atoms with E-state index in [1.165, 1.54) is 6.33 Å². The number of nitrogens with one attached hydrogen (secondary N) is 2. The minimum atomic E-state index is -0.467. The lowest BCUT2D eigenvalue weighted by atomic mass is 10.2. The van der Waals surface area contributed by atoms with E-state index in [1.807, 2.05) is 20.8 Å². The minimum Gasteiger partial charge on any atom is -0.460 e. The monoisotopic (exact) mass is 286 g/mol. The highest BCUT2D eigenvalue weighted by atomic mass is 35.5. The minimum absolute atomic E-state index is 0.252. The summed E-state index contributed by atoms with van der Waals surface area (Å²) in [5.41, 5.74) is 0.138. The highest BCUT2D eigenvalue weighted by Gasteiger charge is 2.16. The van der Waals surface area contributed by atoms with Gasteiger partial charge in [-0.2, -0.15) is 0 Å². The summed E-state index contributed by atoms with van der Waals surface area (Å²) in [5.74, 6) is 0.303. The van der Waals surface area contributed by atoms with Gasteiger partial charge in [0.1, 0.15) is 17.6 Å². The summed E-state index contributed by atoms with van der Waals surface area (Å²) in [6.07, 6.45) is 1.61. The molecule has 0 amide bonds. The van der Waals surface area contributed by atoms with Gasteiger partial charge in [0.25, 0.3) is 0 Å². The van der Waals surface area contributed by atoms with Gasteiger partial charge in [-0.15, -0.1) is 0 Å². The summed E-state index contributed by atoms with van der Waals surface area (Å²) in [7, 11) is 1.73. The molecule has 0 saturated carbocycles. The first-order chi connectivity index (χ1) is 8.83. The molecule has 1 aromatic rings. The number of esters is 1. The van der Waals surface area contributed by atoms with Crippen molar-refractivity contribution in [2.24, 2.45) is 0 Å². The van der Waals surface area contributed by atoms with Crippen molar-refractivity contribution in [1.29, 1.82) is 0 Å². The predicted molar refractivity (Wildman–Crippen MR) is 75.5 cm³/mol. The van der Waals surface area contributed by atoms with Crippen molar-refractivity contribution in [1.82, 2.24) is 9.97 Å². The van der Waals surface area contributed by atoms with Gasteiger partial charge in [-0.1, -0.05) is 11.6 Å². The molecular formula is C12H19ClN4O2. The molecule has 0 aliphatic carbocycles. The molecule has 106 valence electrons. The number of anilines is 2. The van der Waals surface area contributed by atoms with Gasteiger partial charge in [-0.25, -0.2) is 9.97 Å². The number of halogens is 1. The van der Waals surface area contributed by atoms with Crippen molar-refractivity contribution in [3.05, 3.63) is 11.5 Å². The number of rotatable bonds is 5. The third kappa shape index (κ3) is 5.30. The number of hydrogen-bond donors (Lipinski definition) is 2. The molecule has 1 aromatic heterocycles. The van der Waals surface area contributed by atoms with Crippen LogP contribution in [0.3, 0.4) is 0 Å². The van der Waals surface area contributed by atoms with Gasteiger partial charge in [0.2, 0.25) is 0 Å². The Hall–Kier alpha value is -1.56. The van der Waals surface area contributed by atoms with Crippen molar-refractivity contribution >= 4 is 29.1 Å². The van der Waals surface area contributed by atoms with Crippen LogP contribution in [0, 0.1) is 0 Å². The van der Waals surface area contributed by atoms with Gasteiger partial charge in [-0.3, -0.25) is 4.79 Å². The highest BCUT2D eigenvalue weighted by Crippen LogP contribution is 2.25. The van der Waals surface area contributed by atoms with E-state index in [2.05, 4.69) is 20.6 Å². The molecular weight excluding hydrogens is 268 g/mol. The molecule has 0 aliphatic heterocycles. The van der Waals surface area contributed by atoms with Crippen LogP contribution >= 0.6 is 11.6 Å². The maximum absolute atomic E-state index is 11.5. The zero-order valence-corrected chi connectivity index (χ0v) is 12.3. The van der Waals surface area contributed by atoms with Crippen LogP contribution < -0.4 is 10.6 Å². The number of carbonyl (C=O) groups excluding carboxylic acids is 1. The molecule has 0 saturated heterocycles. The predicted octanol–water partition coefficient (Wildman–Crippen LogP) is 2.32. The van der Waals surface area contributed by atoms with Gasteiger partial charge < -0.3 is 15.4 Å². The van der Waals surface area contributed by atoms with Crippen LogP contribution in [0.15, 0.2) is 6.33 Å². The van der Waals surface area contributed by atoms with E-state index in [1.54, 1.807) is 7.05 Å².